The van der Waals surface area contributed by atoms with E-state index in [0.29, 0.717) is 6.04 Å². The fraction of sp³-hybridized carbons (Fsp3) is 0.667. The SMILES string of the molecule is CN[C@@H](C)C(=O)NC1CC=CC1. The second-order valence-electron chi connectivity index (χ2n) is 3.16. The van der Waals surface area contributed by atoms with Gasteiger partial charge in [0, 0.05) is 6.04 Å². The molecule has 12 heavy (non-hydrogen) atoms. The van der Waals surface area contributed by atoms with Crippen molar-refractivity contribution in [3.63, 3.8) is 0 Å². The van der Waals surface area contributed by atoms with Gasteiger partial charge in [0.15, 0.2) is 0 Å². The molecule has 1 aliphatic carbocycles. The van der Waals surface area contributed by atoms with Crippen molar-refractivity contribution in [2.75, 3.05) is 7.05 Å². The van der Waals surface area contributed by atoms with Crippen molar-refractivity contribution in [2.24, 2.45) is 0 Å². The van der Waals surface area contributed by atoms with Crippen LogP contribution in [0, 0.1) is 0 Å². The first-order chi connectivity index (χ1) is 5.74. The molecule has 0 aliphatic heterocycles. The lowest BCUT2D eigenvalue weighted by Crippen LogP contribution is -2.44. The van der Waals surface area contributed by atoms with Gasteiger partial charge in [0.2, 0.25) is 5.91 Å². The number of carbonyl (C=O) groups is 1. The summed E-state index contributed by atoms with van der Waals surface area (Å²) in [6.07, 6.45) is 6.16. The van der Waals surface area contributed by atoms with Crippen LogP contribution in [-0.4, -0.2) is 25.0 Å². The van der Waals surface area contributed by atoms with E-state index >= 15 is 0 Å². The molecule has 0 aromatic rings. The molecule has 0 unspecified atom stereocenters. The molecule has 3 heteroatoms. The summed E-state index contributed by atoms with van der Waals surface area (Å²) < 4.78 is 0. The average Bonchev–Trinajstić information content (AvgIpc) is 2.55. The van der Waals surface area contributed by atoms with E-state index in [1.807, 2.05) is 6.92 Å². The molecule has 1 amide bonds. The third-order valence-electron chi connectivity index (χ3n) is 2.18. The highest BCUT2D eigenvalue weighted by Crippen LogP contribution is 2.08. The number of carbonyl (C=O) groups excluding carboxylic acids is 1. The van der Waals surface area contributed by atoms with Crippen LogP contribution in [0.25, 0.3) is 0 Å². The molecule has 3 nitrogen and oxygen atoms in total. The van der Waals surface area contributed by atoms with E-state index in [4.69, 9.17) is 0 Å². The van der Waals surface area contributed by atoms with Crippen LogP contribution in [-0.2, 0) is 4.79 Å². The molecule has 0 aromatic carbocycles. The van der Waals surface area contributed by atoms with Crippen molar-refractivity contribution < 1.29 is 4.79 Å². The fourth-order valence-corrected chi connectivity index (χ4v) is 1.19. The first-order valence-corrected chi connectivity index (χ1v) is 4.36. The maximum absolute atomic E-state index is 11.3. The highest BCUT2D eigenvalue weighted by atomic mass is 16.2. The van der Waals surface area contributed by atoms with Crippen molar-refractivity contribution in [3.05, 3.63) is 12.2 Å². The average molecular weight is 168 g/mol. The summed E-state index contributed by atoms with van der Waals surface area (Å²) in [4.78, 5) is 11.3. The Morgan fingerprint density at radius 2 is 2.08 bits per heavy atom. The lowest BCUT2D eigenvalue weighted by Gasteiger charge is -2.15. The number of rotatable bonds is 3. The molecular formula is C9H16N2O. The number of amides is 1. The maximum Gasteiger partial charge on any atom is 0.237 e. The van der Waals surface area contributed by atoms with Crippen molar-refractivity contribution in [3.8, 4) is 0 Å². The zero-order valence-electron chi connectivity index (χ0n) is 7.63. The number of nitrogens with one attached hydrogen (secondary N) is 2. The fourth-order valence-electron chi connectivity index (χ4n) is 1.19. The molecule has 1 rings (SSSR count). The van der Waals surface area contributed by atoms with Crippen LogP contribution < -0.4 is 10.6 Å². The van der Waals surface area contributed by atoms with E-state index in [9.17, 15) is 4.79 Å². The molecule has 0 saturated heterocycles. The second-order valence-corrected chi connectivity index (χ2v) is 3.16. The molecule has 1 aliphatic rings. The van der Waals surface area contributed by atoms with Gasteiger partial charge in [-0.25, -0.2) is 0 Å². The summed E-state index contributed by atoms with van der Waals surface area (Å²) in [5, 5.41) is 5.87. The molecule has 68 valence electrons. The van der Waals surface area contributed by atoms with Crippen LogP contribution in [0.2, 0.25) is 0 Å². The maximum atomic E-state index is 11.3. The second kappa shape index (κ2) is 4.26. The molecule has 0 bridgehead atoms. The van der Waals surface area contributed by atoms with Gasteiger partial charge in [-0.3, -0.25) is 4.79 Å². The normalized spacial score (nSPS) is 19.5. The summed E-state index contributed by atoms with van der Waals surface area (Å²) >= 11 is 0. The summed E-state index contributed by atoms with van der Waals surface area (Å²) in [6.45, 7) is 1.86. The molecule has 0 heterocycles. The number of hydrogen-bond acceptors (Lipinski definition) is 2. The van der Waals surface area contributed by atoms with Gasteiger partial charge in [-0.2, -0.15) is 0 Å². The van der Waals surface area contributed by atoms with E-state index in [-0.39, 0.29) is 11.9 Å². The Labute approximate surface area is 73.2 Å². The Kier molecular flexibility index (Phi) is 3.29. The minimum absolute atomic E-state index is 0.0891. The minimum Gasteiger partial charge on any atom is -0.351 e. The lowest BCUT2D eigenvalue weighted by atomic mass is 10.2. The Bertz CT molecular complexity index is 181. The summed E-state index contributed by atoms with van der Waals surface area (Å²) in [5.74, 6) is 0.0891. The van der Waals surface area contributed by atoms with Crippen molar-refractivity contribution in [1.82, 2.24) is 10.6 Å². The van der Waals surface area contributed by atoms with Crippen LogP contribution in [0.5, 0.6) is 0 Å². The highest BCUT2D eigenvalue weighted by molar-refractivity contribution is 5.81. The smallest absolute Gasteiger partial charge is 0.237 e. The summed E-state index contributed by atoms with van der Waals surface area (Å²) in [7, 11) is 1.79. The van der Waals surface area contributed by atoms with Gasteiger partial charge in [0.05, 0.1) is 6.04 Å². The summed E-state index contributed by atoms with van der Waals surface area (Å²) in [5.41, 5.74) is 0. The van der Waals surface area contributed by atoms with Crippen LogP contribution in [0.3, 0.4) is 0 Å². The van der Waals surface area contributed by atoms with E-state index in [1.54, 1.807) is 7.05 Å². The highest BCUT2D eigenvalue weighted by Gasteiger charge is 2.16. The zero-order chi connectivity index (χ0) is 8.97. The number of hydrogen-bond donors (Lipinski definition) is 2. The van der Waals surface area contributed by atoms with Gasteiger partial charge in [0.25, 0.3) is 0 Å². The molecule has 0 radical (unpaired) electrons. The van der Waals surface area contributed by atoms with Gasteiger partial charge in [-0.05, 0) is 26.8 Å². The first kappa shape index (κ1) is 9.26. The molecule has 0 fully saturated rings. The van der Waals surface area contributed by atoms with E-state index < -0.39 is 0 Å². The minimum atomic E-state index is -0.0920. The van der Waals surface area contributed by atoms with E-state index in [0.717, 1.165) is 12.8 Å². The molecule has 0 spiro atoms. The van der Waals surface area contributed by atoms with Crippen molar-refractivity contribution in [2.45, 2.75) is 31.8 Å². The Morgan fingerprint density at radius 1 is 1.50 bits per heavy atom. The quantitative estimate of drug-likeness (QED) is 0.600. The van der Waals surface area contributed by atoms with Crippen LogP contribution in [0.1, 0.15) is 19.8 Å². The Balaban J connectivity index is 2.26. The molecule has 2 N–H and O–H groups in total. The number of likely N-dealkylation sites (N-methyl/N-ethyl adjacent to an activating group) is 1. The molecule has 1 atom stereocenters. The van der Waals surface area contributed by atoms with Crippen molar-refractivity contribution in [1.29, 1.82) is 0 Å². The third-order valence-corrected chi connectivity index (χ3v) is 2.18. The van der Waals surface area contributed by atoms with E-state index in [1.165, 1.54) is 0 Å². The molecule has 0 saturated carbocycles. The van der Waals surface area contributed by atoms with Gasteiger partial charge in [-0.1, -0.05) is 12.2 Å². The van der Waals surface area contributed by atoms with Gasteiger partial charge < -0.3 is 10.6 Å². The van der Waals surface area contributed by atoms with Gasteiger partial charge >= 0.3 is 0 Å². The van der Waals surface area contributed by atoms with Crippen LogP contribution in [0.15, 0.2) is 12.2 Å². The third kappa shape index (κ3) is 2.34. The first-order valence-electron chi connectivity index (χ1n) is 4.36. The Hall–Kier alpha value is -0.830. The van der Waals surface area contributed by atoms with Gasteiger partial charge in [-0.15, -0.1) is 0 Å². The van der Waals surface area contributed by atoms with E-state index in [2.05, 4.69) is 22.8 Å². The monoisotopic (exact) mass is 168 g/mol. The largest absolute Gasteiger partial charge is 0.351 e. The predicted octanol–water partition coefficient (Wildman–Crippen LogP) is 0.429. The molecule has 0 aromatic heterocycles. The van der Waals surface area contributed by atoms with Crippen molar-refractivity contribution >= 4 is 5.91 Å². The lowest BCUT2D eigenvalue weighted by molar-refractivity contribution is -0.123. The van der Waals surface area contributed by atoms with Crippen LogP contribution in [0.4, 0.5) is 0 Å². The molecular weight excluding hydrogens is 152 g/mol. The Morgan fingerprint density at radius 3 is 2.58 bits per heavy atom. The topological polar surface area (TPSA) is 41.1 Å². The predicted molar refractivity (Wildman–Crippen MR) is 48.8 cm³/mol. The zero-order valence-corrected chi connectivity index (χ0v) is 7.63. The van der Waals surface area contributed by atoms with Gasteiger partial charge in [0.1, 0.15) is 0 Å². The van der Waals surface area contributed by atoms with Crippen LogP contribution >= 0.6 is 0 Å². The summed E-state index contributed by atoms with van der Waals surface area (Å²) in [6, 6.07) is 0.235. The standard InChI is InChI=1S/C9H16N2O/c1-7(10-2)9(12)11-8-5-3-4-6-8/h3-4,7-8,10H,5-6H2,1-2H3,(H,11,12)/t7-/m0/s1.